The first-order valence-corrected chi connectivity index (χ1v) is 8.32. The molecule has 24 heavy (non-hydrogen) atoms. The molecule has 0 amide bonds. The molecular formula is C21H24N2O. The van der Waals surface area contributed by atoms with Crippen LogP contribution in [0, 0.1) is 0 Å². The van der Waals surface area contributed by atoms with Gasteiger partial charge in [0, 0.05) is 17.5 Å². The summed E-state index contributed by atoms with van der Waals surface area (Å²) in [6.07, 6.45) is 0. The summed E-state index contributed by atoms with van der Waals surface area (Å²) in [7, 11) is 0. The fourth-order valence-corrected chi connectivity index (χ4v) is 2.50. The van der Waals surface area contributed by atoms with Gasteiger partial charge in [-0.25, -0.2) is 4.98 Å². The summed E-state index contributed by atoms with van der Waals surface area (Å²) in [5, 5.41) is 5.69. The van der Waals surface area contributed by atoms with Crippen molar-refractivity contribution in [1.82, 2.24) is 10.3 Å². The fourth-order valence-electron chi connectivity index (χ4n) is 2.50. The van der Waals surface area contributed by atoms with Crippen molar-refractivity contribution in [1.29, 1.82) is 0 Å². The molecule has 3 nitrogen and oxygen atoms in total. The maximum Gasteiger partial charge on any atom is 0.221 e. The highest BCUT2D eigenvalue weighted by atomic mass is 16.5. The number of pyridine rings is 1. The molecule has 0 bridgehead atoms. The van der Waals surface area contributed by atoms with Crippen molar-refractivity contribution < 1.29 is 4.74 Å². The zero-order valence-electron chi connectivity index (χ0n) is 14.5. The Kier molecular flexibility index (Phi) is 4.81. The number of ether oxygens (including phenoxy) is 1. The number of nitrogens with zero attached hydrogens (tertiary/aromatic N) is 1. The van der Waals surface area contributed by atoms with Crippen LogP contribution in [0.2, 0.25) is 0 Å². The molecule has 0 unspecified atom stereocenters. The average molecular weight is 320 g/mol. The van der Waals surface area contributed by atoms with E-state index >= 15 is 0 Å². The normalized spacial score (nSPS) is 11.6. The predicted octanol–water partition coefficient (Wildman–Crippen LogP) is 4.70. The molecule has 3 rings (SSSR count). The first-order chi connectivity index (χ1) is 11.5. The van der Waals surface area contributed by atoms with Crippen LogP contribution in [0.4, 0.5) is 0 Å². The van der Waals surface area contributed by atoms with Crippen molar-refractivity contribution >= 4 is 10.8 Å². The van der Waals surface area contributed by atoms with E-state index in [1.807, 2.05) is 30.3 Å². The van der Waals surface area contributed by atoms with Crippen molar-refractivity contribution in [2.45, 2.75) is 39.5 Å². The summed E-state index contributed by atoms with van der Waals surface area (Å²) in [6.45, 7) is 7.70. The number of aromatic nitrogens is 1. The largest absolute Gasteiger partial charge is 0.472 e. The number of rotatable bonds is 5. The Balaban J connectivity index is 1.86. The molecule has 0 fully saturated rings. The third-order valence-electron chi connectivity index (χ3n) is 3.78. The summed E-state index contributed by atoms with van der Waals surface area (Å²) in [4.78, 5) is 4.73. The van der Waals surface area contributed by atoms with Gasteiger partial charge in [-0.3, -0.25) is 0 Å². The third kappa shape index (κ3) is 4.33. The van der Waals surface area contributed by atoms with Crippen LogP contribution in [0.3, 0.4) is 0 Å². The second kappa shape index (κ2) is 7.02. The van der Waals surface area contributed by atoms with Crippen LogP contribution in [0.1, 0.15) is 32.0 Å². The second-order valence-electron chi connectivity index (χ2n) is 7.02. The Bertz CT molecular complexity index is 807. The minimum Gasteiger partial charge on any atom is -0.472 e. The molecule has 0 aliphatic heterocycles. The molecule has 0 atom stereocenters. The number of hydrogen-bond acceptors (Lipinski definition) is 3. The topological polar surface area (TPSA) is 34.1 Å². The van der Waals surface area contributed by atoms with E-state index in [9.17, 15) is 0 Å². The molecule has 1 N–H and O–H groups in total. The van der Waals surface area contributed by atoms with Gasteiger partial charge in [0.05, 0.1) is 5.69 Å². The van der Waals surface area contributed by atoms with E-state index in [1.54, 1.807) is 0 Å². The molecule has 0 saturated carbocycles. The van der Waals surface area contributed by atoms with E-state index in [0.29, 0.717) is 12.5 Å². The molecule has 2 aromatic carbocycles. The van der Waals surface area contributed by atoms with Crippen LogP contribution in [0.5, 0.6) is 5.88 Å². The summed E-state index contributed by atoms with van der Waals surface area (Å²) in [5.41, 5.74) is 2.19. The van der Waals surface area contributed by atoms with Gasteiger partial charge in [-0.05, 0) is 43.9 Å². The Morgan fingerprint density at radius 1 is 0.958 bits per heavy atom. The molecular weight excluding hydrogens is 296 g/mol. The van der Waals surface area contributed by atoms with Gasteiger partial charge in [0.2, 0.25) is 5.88 Å². The maximum absolute atomic E-state index is 6.04. The summed E-state index contributed by atoms with van der Waals surface area (Å²) in [5.74, 6) is 0.697. The van der Waals surface area contributed by atoms with Crippen LogP contribution in [0.15, 0.2) is 60.7 Å². The van der Waals surface area contributed by atoms with E-state index in [-0.39, 0.29) is 5.54 Å². The average Bonchev–Trinajstić information content (AvgIpc) is 2.58. The van der Waals surface area contributed by atoms with E-state index in [2.05, 4.69) is 56.4 Å². The first kappa shape index (κ1) is 16.5. The number of hydrogen-bond donors (Lipinski definition) is 1. The predicted molar refractivity (Wildman–Crippen MR) is 99.1 cm³/mol. The maximum atomic E-state index is 6.04. The van der Waals surface area contributed by atoms with Gasteiger partial charge in [-0.15, -0.1) is 0 Å². The van der Waals surface area contributed by atoms with Crippen LogP contribution < -0.4 is 10.1 Å². The van der Waals surface area contributed by atoms with E-state index < -0.39 is 0 Å². The zero-order chi connectivity index (χ0) is 17.0. The molecule has 0 radical (unpaired) electrons. The molecule has 1 heterocycles. The minimum atomic E-state index is 0.0540. The highest BCUT2D eigenvalue weighted by Gasteiger charge is 2.12. The lowest BCUT2D eigenvalue weighted by Crippen LogP contribution is -2.35. The Hall–Kier alpha value is -2.39. The van der Waals surface area contributed by atoms with Crippen molar-refractivity contribution in [3.05, 3.63) is 71.9 Å². The van der Waals surface area contributed by atoms with E-state index in [1.165, 1.54) is 0 Å². The Labute approximate surface area is 143 Å². The van der Waals surface area contributed by atoms with Gasteiger partial charge in [-0.1, -0.05) is 48.5 Å². The van der Waals surface area contributed by atoms with E-state index in [0.717, 1.165) is 28.6 Å². The lowest BCUT2D eigenvalue weighted by atomic mass is 10.1. The molecule has 0 aliphatic carbocycles. The zero-order valence-corrected chi connectivity index (χ0v) is 14.5. The quantitative estimate of drug-likeness (QED) is 0.740. The summed E-state index contributed by atoms with van der Waals surface area (Å²) >= 11 is 0. The lowest BCUT2D eigenvalue weighted by molar-refractivity contribution is 0.296. The van der Waals surface area contributed by atoms with E-state index in [4.69, 9.17) is 9.72 Å². The van der Waals surface area contributed by atoms with Crippen LogP contribution >= 0.6 is 0 Å². The van der Waals surface area contributed by atoms with Gasteiger partial charge in [-0.2, -0.15) is 0 Å². The van der Waals surface area contributed by atoms with Gasteiger partial charge in [0.15, 0.2) is 0 Å². The number of fused-ring (bicyclic) bond motifs is 1. The molecule has 3 heteroatoms. The molecule has 0 aliphatic rings. The molecule has 0 saturated heterocycles. The highest BCUT2D eigenvalue weighted by molar-refractivity contribution is 5.87. The van der Waals surface area contributed by atoms with Gasteiger partial charge in [0.1, 0.15) is 6.61 Å². The third-order valence-corrected chi connectivity index (χ3v) is 3.78. The van der Waals surface area contributed by atoms with Gasteiger partial charge < -0.3 is 10.1 Å². The van der Waals surface area contributed by atoms with Crippen LogP contribution in [-0.4, -0.2) is 10.5 Å². The Morgan fingerprint density at radius 3 is 2.42 bits per heavy atom. The standard InChI is InChI=1S/C21H24N2O/c1-21(2,3)22-14-18-13-17-11-7-8-12-19(17)20(23-18)24-15-16-9-5-4-6-10-16/h4-13,22H,14-15H2,1-3H3. The van der Waals surface area contributed by atoms with Crippen molar-refractivity contribution in [3.63, 3.8) is 0 Å². The molecule has 0 spiro atoms. The van der Waals surface area contributed by atoms with Gasteiger partial charge in [0.25, 0.3) is 0 Å². The van der Waals surface area contributed by atoms with Crippen molar-refractivity contribution in [3.8, 4) is 5.88 Å². The highest BCUT2D eigenvalue weighted by Crippen LogP contribution is 2.25. The number of benzene rings is 2. The monoisotopic (exact) mass is 320 g/mol. The number of nitrogens with one attached hydrogen (secondary N) is 1. The van der Waals surface area contributed by atoms with Gasteiger partial charge >= 0.3 is 0 Å². The van der Waals surface area contributed by atoms with Crippen molar-refractivity contribution in [2.75, 3.05) is 0 Å². The Morgan fingerprint density at radius 2 is 1.67 bits per heavy atom. The van der Waals surface area contributed by atoms with Crippen LogP contribution in [0.25, 0.3) is 10.8 Å². The molecule has 1 aromatic heterocycles. The first-order valence-electron chi connectivity index (χ1n) is 8.32. The summed E-state index contributed by atoms with van der Waals surface area (Å²) in [6, 6.07) is 20.5. The second-order valence-corrected chi connectivity index (χ2v) is 7.02. The molecule has 3 aromatic rings. The fraction of sp³-hybridized carbons (Fsp3) is 0.286. The SMILES string of the molecule is CC(C)(C)NCc1cc2ccccc2c(OCc2ccccc2)n1. The van der Waals surface area contributed by atoms with Crippen molar-refractivity contribution in [2.24, 2.45) is 0 Å². The molecule has 124 valence electrons. The lowest BCUT2D eigenvalue weighted by Gasteiger charge is -2.20. The smallest absolute Gasteiger partial charge is 0.221 e. The summed E-state index contributed by atoms with van der Waals surface area (Å²) < 4.78 is 6.04. The minimum absolute atomic E-state index is 0.0540. The van der Waals surface area contributed by atoms with Crippen LogP contribution in [-0.2, 0) is 13.2 Å².